The van der Waals surface area contributed by atoms with Crippen LogP contribution in [0.5, 0.6) is 0 Å². The fourth-order valence-electron chi connectivity index (χ4n) is 2.32. The van der Waals surface area contributed by atoms with Crippen molar-refractivity contribution in [3.63, 3.8) is 0 Å². The van der Waals surface area contributed by atoms with E-state index in [1.807, 2.05) is 31.2 Å². The molecular formula is C13H17F3N2. The van der Waals surface area contributed by atoms with Crippen LogP contribution in [0.2, 0.25) is 0 Å². The Labute approximate surface area is 105 Å². The van der Waals surface area contributed by atoms with Gasteiger partial charge in [-0.2, -0.15) is 13.2 Å². The van der Waals surface area contributed by atoms with Gasteiger partial charge in [0.25, 0.3) is 0 Å². The quantitative estimate of drug-likeness (QED) is 0.896. The summed E-state index contributed by atoms with van der Waals surface area (Å²) in [5.74, 6) is 0. The number of halogens is 3. The highest BCUT2D eigenvalue weighted by molar-refractivity contribution is 5.46. The molecule has 1 aliphatic heterocycles. The third kappa shape index (κ3) is 3.91. The monoisotopic (exact) mass is 258 g/mol. The zero-order valence-electron chi connectivity index (χ0n) is 10.3. The first-order valence-corrected chi connectivity index (χ1v) is 6.05. The van der Waals surface area contributed by atoms with E-state index in [0.29, 0.717) is 13.1 Å². The van der Waals surface area contributed by atoms with Crippen molar-refractivity contribution in [2.24, 2.45) is 0 Å². The summed E-state index contributed by atoms with van der Waals surface area (Å²) in [6.45, 7) is 2.14. The van der Waals surface area contributed by atoms with Gasteiger partial charge in [-0.25, -0.2) is 0 Å². The summed E-state index contributed by atoms with van der Waals surface area (Å²) in [6.07, 6.45) is -3.34. The molecule has 0 amide bonds. The highest BCUT2D eigenvalue weighted by Gasteiger charge is 2.34. The number of hydrogen-bond donors (Lipinski definition) is 1. The smallest absolute Gasteiger partial charge is 0.381 e. The van der Waals surface area contributed by atoms with Gasteiger partial charge in [-0.05, 0) is 31.0 Å². The van der Waals surface area contributed by atoms with E-state index >= 15 is 0 Å². The molecule has 1 aromatic rings. The molecule has 1 N–H and O–H groups in total. The first-order valence-electron chi connectivity index (χ1n) is 6.05. The maximum Gasteiger partial charge on any atom is 0.401 e. The molecule has 1 atom stereocenters. The van der Waals surface area contributed by atoms with Crippen LogP contribution in [0.3, 0.4) is 0 Å². The van der Waals surface area contributed by atoms with E-state index in [2.05, 4.69) is 5.32 Å². The predicted molar refractivity (Wildman–Crippen MR) is 65.7 cm³/mol. The Morgan fingerprint density at radius 1 is 1.39 bits per heavy atom. The van der Waals surface area contributed by atoms with Crippen molar-refractivity contribution in [3.8, 4) is 0 Å². The van der Waals surface area contributed by atoms with Crippen LogP contribution in [0, 0.1) is 6.92 Å². The van der Waals surface area contributed by atoms with Gasteiger partial charge in [0, 0.05) is 24.8 Å². The summed E-state index contributed by atoms with van der Waals surface area (Å²) in [5, 5.41) is 3.29. The third-order valence-corrected chi connectivity index (χ3v) is 3.06. The number of rotatable bonds is 3. The molecule has 0 radical (unpaired) electrons. The average Bonchev–Trinajstić information content (AvgIpc) is 2.62. The molecule has 0 saturated carbocycles. The lowest BCUT2D eigenvalue weighted by molar-refractivity contribution is -0.143. The number of alkyl halides is 3. The van der Waals surface area contributed by atoms with Crippen molar-refractivity contribution < 1.29 is 13.2 Å². The second kappa shape index (κ2) is 5.18. The maximum absolute atomic E-state index is 12.3. The lowest BCUT2D eigenvalue weighted by Crippen LogP contribution is -2.34. The molecule has 1 aromatic carbocycles. The van der Waals surface area contributed by atoms with E-state index in [9.17, 15) is 13.2 Å². The van der Waals surface area contributed by atoms with Gasteiger partial charge in [0.05, 0.1) is 6.54 Å². The van der Waals surface area contributed by atoms with E-state index < -0.39 is 12.7 Å². The molecule has 1 fully saturated rings. The van der Waals surface area contributed by atoms with Crippen molar-refractivity contribution in [3.05, 3.63) is 29.8 Å². The lowest BCUT2D eigenvalue weighted by Gasteiger charge is -2.18. The Balaban J connectivity index is 1.86. The van der Waals surface area contributed by atoms with Crippen molar-refractivity contribution in [2.45, 2.75) is 25.6 Å². The third-order valence-electron chi connectivity index (χ3n) is 3.06. The van der Waals surface area contributed by atoms with Crippen molar-refractivity contribution in [2.75, 3.05) is 25.0 Å². The van der Waals surface area contributed by atoms with Gasteiger partial charge in [-0.3, -0.25) is 4.90 Å². The minimum absolute atomic E-state index is 0.106. The summed E-state index contributed by atoms with van der Waals surface area (Å²) >= 11 is 0. The summed E-state index contributed by atoms with van der Waals surface area (Å²) < 4.78 is 36.8. The molecule has 0 aromatic heterocycles. The van der Waals surface area contributed by atoms with Crippen molar-refractivity contribution in [1.82, 2.24) is 4.90 Å². The molecular weight excluding hydrogens is 241 g/mol. The van der Waals surface area contributed by atoms with Crippen LogP contribution in [-0.2, 0) is 0 Å². The number of nitrogens with one attached hydrogen (secondary N) is 1. The van der Waals surface area contributed by atoms with Gasteiger partial charge in [0.2, 0.25) is 0 Å². The fourth-order valence-corrected chi connectivity index (χ4v) is 2.32. The molecule has 1 heterocycles. The van der Waals surface area contributed by atoms with Crippen LogP contribution >= 0.6 is 0 Å². The number of hydrogen-bond acceptors (Lipinski definition) is 2. The number of aryl methyl sites for hydroxylation is 1. The first-order chi connectivity index (χ1) is 8.42. The highest BCUT2D eigenvalue weighted by Crippen LogP contribution is 2.22. The molecule has 2 rings (SSSR count). The maximum atomic E-state index is 12.3. The van der Waals surface area contributed by atoms with Crippen molar-refractivity contribution >= 4 is 5.69 Å². The molecule has 5 heteroatoms. The van der Waals surface area contributed by atoms with Crippen LogP contribution < -0.4 is 5.32 Å². The molecule has 0 bridgehead atoms. The Hall–Kier alpha value is -1.23. The van der Waals surface area contributed by atoms with Crippen LogP contribution in [0.25, 0.3) is 0 Å². The molecule has 0 spiro atoms. The Morgan fingerprint density at radius 2 is 2.17 bits per heavy atom. The predicted octanol–water partition coefficient (Wildman–Crippen LogP) is 3.04. The number of anilines is 1. The standard InChI is InChI=1S/C13H17F3N2/c1-10-3-2-4-11(7-10)17-12-5-6-18(8-12)9-13(14,15)16/h2-4,7,12,17H,5-6,8-9H2,1H3. The van der Waals surface area contributed by atoms with Gasteiger partial charge in [0.15, 0.2) is 0 Å². The summed E-state index contributed by atoms with van der Waals surface area (Å²) in [4.78, 5) is 1.45. The van der Waals surface area contributed by atoms with Crippen LogP contribution in [0.1, 0.15) is 12.0 Å². The number of likely N-dealkylation sites (tertiary alicyclic amines) is 1. The van der Waals surface area contributed by atoms with E-state index in [-0.39, 0.29) is 6.04 Å². The second-order valence-corrected chi connectivity index (χ2v) is 4.85. The highest BCUT2D eigenvalue weighted by atomic mass is 19.4. The topological polar surface area (TPSA) is 15.3 Å². The van der Waals surface area contributed by atoms with E-state index in [4.69, 9.17) is 0 Å². The van der Waals surface area contributed by atoms with Gasteiger partial charge >= 0.3 is 6.18 Å². The van der Waals surface area contributed by atoms with E-state index in [1.165, 1.54) is 4.90 Å². The van der Waals surface area contributed by atoms with Crippen LogP contribution in [0.4, 0.5) is 18.9 Å². The molecule has 0 aliphatic carbocycles. The SMILES string of the molecule is Cc1cccc(NC2CCN(CC(F)(F)F)C2)c1. The summed E-state index contributed by atoms with van der Waals surface area (Å²) in [7, 11) is 0. The Morgan fingerprint density at radius 3 is 2.83 bits per heavy atom. The molecule has 1 aliphatic rings. The second-order valence-electron chi connectivity index (χ2n) is 4.85. The fraction of sp³-hybridized carbons (Fsp3) is 0.538. The van der Waals surface area contributed by atoms with Gasteiger partial charge in [-0.15, -0.1) is 0 Å². The molecule has 2 nitrogen and oxygen atoms in total. The summed E-state index contributed by atoms with van der Waals surface area (Å²) in [6, 6.07) is 8.00. The van der Waals surface area contributed by atoms with Crippen LogP contribution in [-0.4, -0.2) is 36.8 Å². The molecule has 100 valence electrons. The number of benzene rings is 1. The van der Waals surface area contributed by atoms with Gasteiger partial charge in [0.1, 0.15) is 0 Å². The Bertz CT molecular complexity index is 403. The molecule has 1 unspecified atom stereocenters. The minimum Gasteiger partial charge on any atom is -0.381 e. The molecule has 1 saturated heterocycles. The zero-order chi connectivity index (χ0) is 13.2. The number of nitrogens with zero attached hydrogens (tertiary/aromatic N) is 1. The van der Waals surface area contributed by atoms with Crippen LogP contribution in [0.15, 0.2) is 24.3 Å². The minimum atomic E-state index is -4.10. The van der Waals surface area contributed by atoms with E-state index in [0.717, 1.165) is 17.7 Å². The largest absolute Gasteiger partial charge is 0.401 e. The first kappa shape index (κ1) is 13.2. The average molecular weight is 258 g/mol. The molecule has 18 heavy (non-hydrogen) atoms. The lowest BCUT2D eigenvalue weighted by atomic mass is 10.2. The van der Waals surface area contributed by atoms with Crippen molar-refractivity contribution in [1.29, 1.82) is 0 Å². The van der Waals surface area contributed by atoms with E-state index in [1.54, 1.807) is 0 Å². The Kier molecular flexibility index (Phi) is 3.80. The zero-order valence-corrected chi connectivity index (χ0v) is 10.3. The van der Waals surface area contributed by atoms with Gasteiger partial charge in [-0.1, -0.05) is 12.1 Å². The van der Waals surface area contributed by atoms with Gasteiger partial charge < -0.3 is 5.32 Å². The summed E-state index contributed by atoms with van der Waals surface area (Å²) in [5.41, 5.74) is 2.12. The normalized spacial score (nSPS) is 21.2.